The largest absolute Gasteiger partial charge is 0.493 e. The lowest BCUT2D eigenvalue weighted by molar-refractivity contribution is -0.139. The molecular formula is C27H24Cl2O5. The molecule has 1 heterocycles. The van der Waals surface area contributed by atoms with E-state index in [1.807, 2.05) is 25.1 Å². The van der Waals surface area contributed by atoms with Crippen molar-refractivity contribution < 1.29 is 24.2 Å². The Bertz CT molecular complexity index is 1220. The summed E-state index contributed by atoms with van der Waals surface area (Å²) in [4.78, 5) is 24.1. The second-order valence-electron chi connectivity index (χ2n) is 8.32. The van der Waals surface area contributed by atoms with Crippen LogP contribution >= 0.6 is 23.2 Å². The lowest BCUT2D eigenvalue weighted by Crippen LogP contribution is -2.20. The van der Waals surface area contributed by atoms with Crippen molar-refractivity contribution in [2.45, 2.75) is 38.5 Å². The van der Waals surface area contributed by atoms with Gasteiger partial charge in [0.1, 0.15) is 17.2 Å². The number of halogens is 2. The number of fused-ring (bicyclic) bond motifs is 1. The molecule has 1 unspecified atom stereocenters. The molecule has 34 heavy (non-hydrogen) atoms. The van der Waals surface area contributed by atoms with Gasteiger partial charge in [0.25, 0.3) is 0 Å². The van der Waals surface area contributed by atoms with Gasteiger partial charge in [0, 0.05) is 28.6 Å². The molecule has 0 saturated heterocycles. The molecule has 7 heteroatoms. The van der Waals surface area contributed by atoms with Crippen LogP contribution in [0.2, 0.25) is 10.0 Å². The van der Waals surface area contributed by atoms with Gasteiger partial charge in [-0.15, -0.1) is 0 Å². The van der Waals surface area contributed by atoms with Crippen molar-refractivity contribution in [3.63, 3.8) is 0 Å². The van der Waals surface area contributed by atoms with Crippen LogP contribution in [-0.2, 0) is 11.2 Å². The van der Waals surface area contributed by atoms with Gasteiger partial charge < -0.3 is 14.6 Å². The zero-order valence-electron chi connectivity index (χ0n) is 18.6. The van der Waals surface area contributed by atoms with E-state index >= 15 is 0 Å². The van der Waals surface area contributed by atoms with E-state index in [0.29, 0.717) is 57.9 Å². The molecule has 0 bridgehead atoms. The number of ether oxygens (including phenoxy) is 2. The normalized spacial score (nSPS) is 14.7. The van der Waals surface area contributed by atoms with Gasteiger partial charge in [0.2, 0.25) is 0 Å². The molecule has 0 aliphatic carbocycles. The van der Waals surface area contributed by atoms with Gasteiger partial charge >= 0.3 is 5.97 Å². The number of hydrogen-bond donors (Lipinski definition) is 1. The predicted octanol–water partition coefficient (Wildman–Crippen LogP) is 7.25. The van der Waals surface area contributed by atoms with Gasteiger partial charge in [-0.1, -0.05) is 29.3 Å². The summed E-state index contributed by atoms with van der Waals surface area (Å²) in [7, 11) is 0. The maximum Gasteiger partial charge on any atom is 0.311 e. The van der Waals surface area contributed by atoms with Gasteiger partial charge in [-0.05, 0) is 79.8 Å². The summed E-state index contributed by atoms with van der Waals surface area (Å²) in [5.41, 5.74) is 3.49. The molecule has 0 fully saturated rings. The van der Waals surface area contributed by atoms with Crippen LogP contribution in [-0.4, -0.2) is 23.5 Å². The molecule has 5 nitrogen and oxygen atoms in total. The van der Waals surface area contributed by atoms with Crippen LogP contribution < -0.4 is 9.47 Å². The molecule has 1 aliphatic rings. The molecule has 4 rings (SSSR count). The van der Waals surface area contributed by atoms with E-state index < -0.39 is 11.9 Å². The highest BCUT2D eigenvalue weighted by Gasteiger charge is 2.29. The first-order chi connectivity index (χ1) is 16.3. The lowest BCUT2D eigenvalue weighted by Gasteiger charge is -2.24. The molecule has 1 N–H and O–H groups in total. The number of Topliss-reactive ketones (excluding diaryl/α,β-unsaturated/α-hetero) is 1. The molecule has 176 valence electrons. The molecule has 1 aliphatic heterocycles. The minimum atomic E-state index is -0.905. The van der Waals surface area contributed by atoms with Crippen molar-refractivity contribution in [1.82, 2.24) is 0 Å². The van der Waals surface area contributed by atoms with E-state index in [1.54, 1.807) is 36.4 Å². The molecule has 1 atom stereocenters. The number of aryl methyl sites for hydroxylation is 2. The number of ketones is 1. The van der Waals surface area contributed by atoms with E-state index in [1.165, 1.54) is 5.56 Å². The van der Waals surface area contributed by atoms with Crippen LogP contribution in [0.4, 0.5) is 0 Å². The fourth-order valence-corrected chi connectivity index (χ4v) is 4.52. The van der Waals surface area contributed by atoms with E-state index in [2.05, 4.69) is 0 Å². The van der Waals surface area contributed by atoms with E-state index in [4.69, 9.17) is 32.7 Å². The molecule has 0 saturated carbocycles. The lowest BCUT2D eigenvalue weighted by atomic mass is 9.93. The molecule has 3 aromatic carbocycles. The summed E-state index contributed by atoms with van der Waals surface area (Å²) in [6, 6.07) is 15.9. The van der Waals surface area contributed by atoms with E-state index in [0.717, 1.165) is 18.4 Å². The quantitative estimate of drug-likeness (QED) is 0.331. The Morgan fingerprint density at radius 1 is 1.09 bits per heavy atom. The molecule has 3 aromatic rings. The van der Waals surface area contributed by atoms with E-state index in [-0.39, 0.29) is 5.78 Å². The number of rotatable bonds is 8. The summed E-state index contributed by atoms with van der Waals surface area (Å²) < 4.78 is 11.5. The van der Waals surface area contributed by atoms with Crippen molar-refractivity contribution in [2.24, 2.45) is 0 Å². The third-order valence-corrected chi connectivity index (χ3v) is 6.49. The third-order valence-electron chi connectivity index (χ3n) is 5.96. The zero-order chi connectivity index (χ0) is 24.2. The highest BCUT2D eigenvalue weighted by Crippen LogP contribution is 2.41. The maximum absolute atomic E-state index is 12.6. The number of carbonyl (C=O) groups is 2. The zero-order valence-corrected chi connectivity index (χ0v) is 20.2. The summed E-state index contributed by atoms with van der Waals surface area (Å²) in [5, 5.41) is 10.4. The SMILES string of the molecule is Cc1cc(Cl)ccc1CCCC(=O)c1ccc(Oc2cc3c(cc2Cl)C(C(=O)O)CCO3)cc1. The van der Waals surface area contributed by atoms with Crippen LogP contribution in [0, 0.1) is 6.92 Å². The first kappa shape index (κ1) is 24.1. The number of carboxylic acid groups (broad SMARTS) is 1. The minimum absolute atomic E-state index is 0.0677. The second-order valence-corrected chi connectivity index (χ2v) is 9.17. The van der Waals surface area contributed by atoms with Crippen molar-refractivity contribution >= 4 is 35.0 Å². The molecule has 0 amide bonds. The standard InChI is InChI=1S/C27H24Cl2O5/c1-16-13-19(28)8-5-17(16)3-2-4-24(30)18-6-9-20(10-7-18)34-26-15-25-22(14-23(26)29)21(27(31)32)11-12-33-25/h5-10,13-15,21H,2-4,11-12H2,1H3,(H,31,32). The first-order valence-electron chi connectivity index (χ1n) is 11.1. The van der Waals surface area contributed by atoms with E-state index in [9.17, 15) is 14.7 Å². The summed E-state index contributed by atoms with van der Waals surface area (Å²) in [5.74, 6) is -0.148. The van der Waals surface area contributed by atoms with Gasteiger partial charge in [0.05, 0.1) is 17.5 Å². The van der Waals surface area contributed by atoms with Crippen LogP contribution in [0.1, 0.15) is 52.2 Å². The number of hydrogen-bond acceptors (Lipinski definition) is 4. The number of carboxylic acids is 1. The number of carbonyl (C=O) groups excluding carboxylic acids is 1. The monoisotopic (exact) mass is 498 g/mol. The topological polar surface area (TPSA) is 72.8 Å². The van der Waals surface area contributed by atoms with Crippen molar-refractivity contribution in [1.29, 1.82) is 0 Å². The Hall–Kier alpha value is -3.02. The molecular weight excluding hydrogens is 475 g/mol. The number of benzene rings is 3. The van der Waals surface area contributed by atoms with Crippen LogP contribution in [0.25, 0.3) is 0 Å². The highest BCUT2D eigenvalue weighted by atomic mass is 35.5. The van der Waals surface area contributed by atoms with Crippen LogP contribution in [0.15, 0.2) is 54.6 Å². The maximum atomic E-state index is 12.6. The van der Waals surface area contributed by atoms with Gasteiger partial charge in [-0.2, -0.15) is 0 Å². The Labute approximate surface area is 208 Å². The van der Waals surface area contributed by atoms with Crippen molar-refractivity contribution in [2.75, 3.05) is 6.61 Å². The Kier molecular flexibility index (Phi) is 7.44. The Balaban J connectivity index is 1.38. The summed E-state index contributed by atoms with van der Waals surface area (Å²) in [6.45, 7) is 2.34. The van der Waals surface area contributed by atoms with Gasteiger partial charge in [-0.3, -0.25) is 9.59 Å². The van der Waals surface area contributed by atoms with Gasteiger partial charge in [-0.25, -0.2) is 0 Å². The smallest absolute Gasteiger partial charge is 0.311 e. The predicted molar refractivity (Wildman–Crippen MR) is 132 cm³/mol. The summed E-state index contributed by atoms with van der Waals surface area (Å²) >= 11 is 12.4. The molecule has 0 radical (unpaired) electrons. The second kappa shape index (κ2) is 10.5. The summed E-state index contributed by atoms with van der Waals surface area (Å²) in [6.07, 6.45) is 2.41. The average molecular weight is 499 g/mol. The van der Waals surface area contributed by atoms with Crippen molar-refractivity contribution in [3.8, 4) is 17.2 Å². The van der Waals surface area contributed by atoms with Crippen molar-refractivity contribution in [3.05, 3.63) is 86.9 Å². The number of aliphatic carboxylic acids is 1. The Morgan fingerprint density at radius 3 is 2.56 bits per heavy atom. The fourth-order valence-electron chi connectivity index (χ4n) is 4.08. The first-order valence-corrected chi connectivity index (χ1v) is 11.8. The van der Waals surface area contributed by atoms with Crippen LogP contribution in [0.5, 0.6) is 17.2 Å². The minimum Gasteiger partial charge on any atom is -0.493 e. The molecule has 0 spiro atoms. The fraction of sp³-hybridized carbons (Fsp3) is 0.259. The third kappa shape index (κ3) is 5.54. The highest BCUT2D eigenvalue weighted by molar-refractivity contribution is 6.32. The molecule has 0 aromatic heterocycles. The average Bonchev–Trinajstić information content (AvgIpc) is 2.81. The Morgan fingerprint density at radius 2 is 1.85 bits per heavy atom. The van der Waals surface area contributed by atoms with Crippen LogP contribution in [0.3, 0.4) is 0 Å². The van der Waals surface area contributed by atoms with Gasteiger partial charge in [0.15, 0.2) is 5.78 Å².